The van der Waals surface area contributed by atoms with Gasteiger partial charge in [-0.15, -0.1) is 13.2 Å². The van der Waals surface area contributed by atoms with Crippen molar-refractivity contribution < 1.29 is 17.9 Å². The third-order valence-corrected chi connectivity index (χ3v) is 2.36. The lowest BCUT2D eigenvalue weighted by Gasteiger charge is -2.14. The first kappa shape index (κ1) is 14.1. The Labute approximate surface area is 105 Å². The minimum absolute atomic E-state index is 0.260. The molecule has 1 rings (SSSR count). The van der Waals surface area contributed by atoms with Gasteiger partial charge >= 0.3 is 6.36 Å². The van der Waals surface area contributed by atoms with E-state index in [0.717, 1.165) is 0 Å². The van der Waals surface area contributed by atoms with Crippen LogP contribution in [0.15, 0.2) is 22.7 Å². The van der Waals surface area contributed by atoms with E-state index in [1.54, 1.807) is 6.07 Å². The van der Waals surface area contributed by atoms with E-state index in [1.807, 2.05) is 0 Å². The average Bonchev–Trinajstić information content (AvgIpc) is 2.19. The fourth-order valence-electron chi connectivity index (χ4n) is 1.18. The van der Waals surface area contributed by atoms with Crippen LogP contribution in [0.25, 0.3) is 0 Å². The Kier molecular flexibility index (Phi) is 5.07. The monoisotopic (exact) mass is 312 g/mol. The van der Waals surface area contributed by atoms with E-state index in [4.69, 9.17) is 5.73 Å². The summed E-state index contributed by atoms with van der Waals surface area (Å²) in [5.74, 6) is -0.260. The molecule has 1 aromatic carbocycles. The predicted molar refractivity (Wildman–Crippen MR) is 63.0 cm³/mol. The number of alkyl halides is 3. The molecule has 0 atom stereocenters. The SMILES string of the molecule is NCCCNc1ccc(Br)cc1OC(F)(F)F. The molecule has 0 aliphatic heterocycles. The summed E-state index contributed by atoms with van der Waals surface area (Å²) >= 11 is 3.09. The lowest BCUT2D eigenvalue weighted by Crippen LogP contribution is -2.18. The number of hydrogen-bond acceptors (Lipinski definition) is 3. The van der Waals surface area contributed by atoms with Crippen LogP contribution in [0.1, 0.15) is 6.42 Å². The van der Waals surface area contributed by atoms with Gasteiger partial charge in [0.15, 0.2) is 5.75 Å². The van der Waals surface area contributed by atoms with Crippen molar-refractivity contribution in [3.63, 3.8) is 0 Å². The maximum Gasteiger partial charge on any atom is 0.573 e. The smallest absolute Gasteiger partial charge is 0.404 e. The minimum Gasteiger partial charge on any atom is -0.404 e. The van der Waals surface area contributed by atoms with Crippen LogP contribution in [-0.4, -0.2) is 19.5 Å². The molecule has 0 aliphatic carbocycles. The standard InChI is InChI=1S/C10H12BrF3N2O/c11-7-2-3-8(16-5-1-4-15)9(6-7)17-10(12,13)14/h2-3,6,16H,1,4-5,15H2. The van der Waals surface area contributed by atoms with Crippen LogP contribution in [0, 0.1) is 0 Å². The first-order chi connectivity index (χ1) is 7.92. The number of benzene rings is 1. The van der Waals surface area contributed by atoms with Crippen LogP contribution in [-0.2, 0) is 0 Å². The Balaban J connectivity index is 2.80. The Morgan fingerprint density at radius 3 is 2.65 bits per heavy atom. The van der Waals surface area contributed by atoms with E-state index in [-0.39, 0.29) is 5.75 Å². The molecule has 0 spiro atoms. The summed E-state index contributed by atoms with van der Waals surface area (Å²) in [6, 6.07) is 4.41. The van der Waals surface area contributed by atoms with Gasteiger partial charge < -0.3 is 15.8 Å². The molecule has 1 aromatic rings. The molecular weight excluding hydrogens is 301 g/mol. The Bertz CT molecular complexity index is 371. The van der Waals surface area contributed by atoms with Gasteiger partial charge in [0.05, 0.1) is 5.69 Å². The average molecular weight is 313 g/mol. The van der Waals surface area contributed by atoms with Crippen molar-refractivity contribution in [2.75, 3.05) is 18.4 Å². The van der Waals surface area contributed by atoms with Gasteiger partial charge in [-0.2, -0.15) is 0 Å². The molecule has 0 unspecified atom stereocenters. The molecule has 0 aliphatic rings. The maximum absolute atomic E-state index is 12.2. The van der Waals surface area contributed by atoms with Crippen LogP contribution in [0.2, 0.25) is 0 Å². The van der Waals surface area contributed by atoms with Crippen LogP contribution >= 0.6 is 15.9 Å². The zero-order valence-corrected chi connectivity index (χ0v) is 10.4. The predicted octanol–water partition coefficient (Wildman–Crippen LogP) is 3.11. The quantitative estimate of drug-likeness (QED) is 0.821. The lowest BCUT2D eigenvalue weighted by molar-refractivity contribution is -0.274. The van der Waals surface area contributed by atoms with Crippen molar-refractivity contribution >= 4 is 21.6 Å². The zero-order valence-electron chi connectivity index (χ0n) is 8.85. The van der Waals surface area contributed by atoms with Gasteiger partial charge in [-0.1, -0.05) is 15.9 Å². The largest absolute Gasteiger partial charge is 0.573 e. The van der Waals surface area contributed by atoms with Crippen LogP contribution in [0.5, 0.6) is 5.75 Å². The molecule has 0 aromatic heterocycles. The fraction of sp³-hybridized carbons (Fsp3) is 0.400. The summed E-state index contributed by atoms with van der Waals surface area (Å²) in [5.41, 5.74) is 5.59. The summed E-state index contributed by atoms with van der Waals surface area (Å²) in [7, 11) is 0. The number of halogens is 4. The highest BCUT2D eigenvalue weighted by Crippen LogP contribution is 2.32. The van der Waals surface area contributed by atoms with Crippen LogP contribution < -0.4 is 15.8 Å². The minimum atomic E-state index is -4.70. The van der Waals surface area contributed by atoms with Crippen molar-refractivity contribution in [3.8, 4) is 5.75 Å². The Hall–Kier alpha value is -0.950. The summed E-state index contributed by atoms with van der Waals surface area (Å²) in [5, 5.41) is 2.84. The molecule has 0 bridgehead atoms. The molecule has 17 heavy (non-hydrogen) atoms. The topological polar surface area (TPSA) is 47.3 Å². The molecule has 0 amide bonds. The van der Waals surface area contributed by atoms with Gasteiger partial charge in [0.25, 0.3) is 0 Å². The number of anilines is 1. The highest BCUT2D eigenvalue weighted by molar-refractivity contribution is 9.10. The number of nitrogens with two attached hydrogens (primary N) is 1. The second-order valence-corrected chi connectivity index (χ2v) is 4.17. The molecule has 7 heteroatoms. The van der Waals surface area contributed by atoms with Gasteiger partial charge in [-0.25, -0.2) is 0 Å². The van der Waals surface area contributed by atoms with Gasteiger partial charge in [-0.05, 0) is 31.2 Å². The number of rotatable bonds is 5. The molecule has 3 N–H and O–H groups in total. The molecule has 0 heterocycles. The van der Waals surface area contributed by atoms with Gasteiger partial charge in [0.2, 0.25) is 0 Å². The van der Waals surface area contributed by atoms with Crippen molar-refractivity contribution in [3.05, 3.63) is 22.7 Å². The van der Waals surface area contributed by atoms with Gasteiger partial charge in [0, 0.05) is 11.0 Å². The third-order valence-electron chi connectivity index (χ3n) is 1.87. The molecule has 0 fully saturated rings. The first-order valence-corrected chi connectivity index (χ1v) is 5.71. The van der Waals surface area contributed by atoms with Crippen molar-refractivity contribution in [1.82, 2.24) is 0 Å². The Morgan fingerprint density at radius 1 is 1.35 bits per heavy atom. The van der Waals surface area contributed by atoms with Crippen LogP contribution in [0.3, 0.4) is 0 Å². The summed E-state index contributed by atoms with van der Waals surface area (Å²) in [4.78, 5) is 0. The first-order valence-electron chi connectivity index (χ1n) is 4.91. The summed E-state index contributed by atoms with van der Waals surface area (Å²) in [6.45, 7) is 0.964. The maximum atomic E-state index is 12.2. The number of hydrogen-bond donors (Lipinski definition) is 2. The van der Waals surface area contributed by atoms with Crippen molar-refractivity contribution in [2.24, 2.45) is 5.73 Å². The lowest BCUT2D eigenvalue weighted by atomic mass is 10.3. The fourth-order valence-corrected chi connectivity index (χ4v) is 1.52. The third kappa shape index (κ3) is 5.27. The van der Waals surface area contributed by atoms with E-state index >= 15 is 0 Å². The normalized spacial score (nSPS) is 11.4. The highest BCUT2D eigenvalue weighted by Gasteiger charge is 2.32. The van der Waals surface area contributed by atoms with E-state index in [2.05, 4.69) is 26.0 Å². The number of nitrogens with one attached hydrogen (secondary N) is 1. The highest BCUT2D eigenvalue weighted by atomic mass is 79.9. The Morgan fingerprint density at radius 2 is 2.06 bits per heavy atom. The second-order valence-electron chi connectivity index (χ2n) is 3.26. The van der Waals surface area contributed by atoms with Gasteiger partial charge in [0.1, 0.15) is 0 Å². The molecule has 0 saturated carbocycles. The van der Waals surface area contributed by atoms with E-state index in [0.29, 0.717) is 29.7 Å². The summed E-state index contributed by atoms with van der Waals surface area (Å²) in [6.07, 6.45) is -4.04. The molecule has 0 saturated heterocycles. The number of ether oxygens (including phenoxy) is 1. The van der Waals surface area contributed by atoms with Gasteiger partial charge in [-0.3, -0.25) is 0 Å². The van der Waals surface area contributed by atoms with Crippen molar-refractivity contribution in [2.45, 2.75) is 12.8 Å². The van der Waals surface area contributed by atoms with E-state index < -0.39 is 6.36 Å². The van der Waals surface area contributed by atoms with Crippen molar-refractivity contribution in [1.29, 1.82) is 0 Å². The van der Waals surface area contributed by atoms with E-state index in [1.165, 1.54) is 12.1 Å². The van der Waals surface area contributed by atoms with Crippen LogP contribution in [0.4, 0.5) is 18.9 Å². The molecule has 3 nitrogen and oxygen atoms in total. The summed E-state index contributed by atoms with van der Waals surface area (Å²) < 4.78 is 40.9. The van der Waals surface area contributed by atoms with E-state index in [9.17, 15) is 13.2 Å². The molecular formula is C10H12BrF3N2O. The molecule has 96 valence electrons. The second kappa shape index (κ2) is 6.11. The zero-order chi connectivity index (χ0) is 12.9. The molecule has 0 radical (unpaired) electrons.